The first kappa shape index (κ1) is 22.0. The number of rotatable bonds is 5. The molecule has 11 heteroatoms. The van der Waals surface area contributed by atoms with E-state index in [1.165, 1.54) is 36.7 Å². The van der Waals surface area contributed by atoms with Crippen molar-refractivity contribution >= 4 is 39.1 Å². The van der Waals surface area contributed by atoms with Crippen molar-refractivity contribution in [3.8, 4) is 0 Å². The molecule has 0 N–H and O–H groups in total. The molecule has 0 unspecified atom stereocenters. The second-order valence-electron chi connectivity index (χ2n) is 7.71. The summed E-state index contributed by atoms with van der Waals surface area (Å²) < 4.78 is 32.4. The van der Waals surface area contributed by atoms with Crippen LogP contribution in [0.25, 0.3) is 0 Å². The molecule has 0 spiro atoms. The van der Waals surface area contributed by atoms with E-state index in [1.54, 1.807) is 5.38 Å². The van der Waals surface area contributed by atoms with Crippen LogP contribution in [0.1, 0.15) is 34.6 Å². The van der Waals surface area contributed by atoms with Gasteiger partial charge in [-0.15, -0.1) is 11.3 Å². The van der Waals surface area contributed by atoms with Gasteiger partial charge in [-0.2, -0.15) is 9.29 Å². The van der Waals surface area contributed by atoms with E-state index in [0.717, 1.165) is 35.9 Å². The van der Waals surface area contributed by atoms with Gasteiger partial charge in [0.1, 0.15) is 15.6 Å². The lowest BCUT2D eigenvalue weighted by Crippen LogP contribution is -2.49. The fourth-order valence-electron chi connectivity index (χ4n) is 3.97. The Bertz CT molecular complexity index is 1040. The molecule has 0 saturated carbocycles. The highest BCUT2D eigenvalue weighted by Gasteiger charge is 2.33. The molecule has 0 amide bonds. The number of piperazine rings is 1. The van der Waals surface area contributed by atoms with Crippen LogP contribution in [-0.4, -0.2) is 75.0 Å². The van der Waals surface area contributed by atoms with Crippen LogP contribution in [-0.2, 0) is 14.8 Å². The van der Waals surface area contributed by atoms with E-state index in [-0.39, 0.29) is 9.77 Å². The monoisotopic (exact) mass is 465 g/mol. The molecule has 2 aromatic rings. The third-order valence-corrected chi connectivity index (χ3v) is 8.61. The lowest BCUT2D eigenvalue weighted by Gasteiger charge is -2.35. The van der Waals surface area contributed by atoms with Crippen LogP contribution in [0.15, 0.2) is 22.4 Å². The summed E-state index contributed by atoms with van der Waals surface area (Å²) in [4.78, 5) is 25.8. The number of ether oxygens (including phenoxy) is 1. The van der Waals surface area contributed by atoms with Gasteiger partial charge in [0.25, 0.3) is 0 Å². The molecule has 2 fully saturated rings. The fourth-order valence-corrected chi connectivity index (χ4v) is 6.70. The Kier molecular flexibility index (Phi) is 6.44. The Morgan fingerprint density at radius 2 is 1.74 bits per heavy atom. The van der Waals surface area contributed by atoms with E-state index < -0.39 is 16.0 Å². The topological polar surface area (TPSA) is 95.9 Å². The largest absolute Gasteiger partial charge is 0.465 e. The summed E-state index contributed by atoms with van der Waals surface area (Å²) in [6, 6.07) is 3.48. The molecule has 31 heavy (non-hydrogen) atoms. The third-order valence-electron chi connectivity index (χ3n) is 5.65. The van der Waals surface area contributed by atoms with Crippen molar-refractivity contribution in [3.05, 3.63) is 28.1 Å². The first-order valence-electron chi connectivity index (χ1n) is 10.4. The van der Waals surface area contributed by atoms with Crippen LogP contribution in [0, 0.1) is 6.92 Å². The Labute approximate surface area is 186 Å². The van der Waals surface area contributed by atoms with Crippen molar-refractivity contribution in [2.45, 2.75) is 31.1 Å². The molecular weight excluding hydrogens is 438 g/mol. The Morgan fingerprint density at radius 1 is 1.03 bits per heavy atom. The second kappa shape index (κ2) is 9.09. The number of methoxy groups -OCH3 is 1. The number of thiophene rings is 1. The van der Waals surface area contributed by atoms with Gasteiger partial charge < -0.3 is 14.5 Å². The first-order valence-corrected chi connectivity index (χ1v) is 12.7. The van der Waals surface area contributed by atoms with Gasteiger partial charge in [0.05, 0.1) is 7.11 Å². The number of carbonyl (C=O) groups excluding carboxylic acids is 1. The van der Waals surface area contributed by atoms with Gasteiger partial charge in [-0.1, -0.05) is 0 Å². The number of anilines is 2. The maximum absolute atomic E-state index is 13.1. The number of esters is 1. The number of aromatic nitrogens is 2. The summed E-state index contributed by atoms with van der Waals surface area (Å²) in [7, 11) is -2.53. The average Bonchev–Trinajstić information content (AvgIpc) is 3.30. The van der Waals surface area contributed by atoms with Crippen molar-refractivity contribution in [3.63, 3.8) is 0 Å². The van der Waals surface area contributed by atoms with Crippen LogP contribution >= 0.6 is 11.3 Å². The number of carbonyl (C=O) groups is 1. The zero-order chi connectivity index (χ0) is 22.0. The molecule has 0 radical (unpaired) electrons. The number of hydrogen-bond acceptors (Lipinski definition) is 9. The van der Waals surface area contributed by atoms with Gasteiger partial charge >= 0.3 is 5.97 Å². The maximum atomic E-state index is 13.1. The van der Waals surface area contributed by atoms with E-state index in [1.807, 2.05) is 17.9 Å². The molecule has 2 saturated heterocycles. The summed E-state index contributed by atoms with van der Waals surface area (Å²) in [5, 5.41) is 1.60. The predicted molar refractivity (Wildman–Crippen MR) is 119 cm³/mol. The molecule has 0 aliphatic carbocycles. The minimum absolute atomic E-state index is 0.0111. The summed E-state index contributed by atoms with van der Waals surface area (Å²) in [6.45, 7) is 5.55. The third kappa shape index (κ3) is 4.53. The number of aryl methyl sites for hydroxylation is 1. The molecule has 0 aromatic carbocycles. The summed E-state index contributed by atoms with van der Waals surface area (Å²) in [6.07, 6.45) is 3.60. The van der Waals surface area contributed by atoms with Crippen molar-refractivity contribution in [2.75, 3.05) is 56.2 Å². The molecule has 9 nitrogen and oxygen atoms in total. The minimum atomic E-state index is -3.78. The number of nitrogens with zero attached hydrogens (tertiary/aromatic N) is 5. The molecular formula is C20H27N5O4S2. The highest BCUT2D eigenvalue weighted by atomic mass is 32.2. The Hall–Kier alpha value is -2.24. The first-order chi connectivity index (χ1) is 14.9. The minimum Gasteiger partial charge on any atom is -0.465 e. The quantitative estimate of drug-likeness (QED) is 0.620. The molecule has 2 aromatic heterocycles. The highest BCUT2D eigenvalue weighted by Crippen LogP contribution is 2.28. The molecule has 0 atom stereocenters. The zero-order valence-electron chi connectivity index (χ0n) is 17.8. The standard InChI is InChI=1S/C20H27N5O4S2/c1-15-14-17(23-7-4-3-5-8-23)22-20(21-15)24-9-11-25(12-10-24)31(27,28)16-6-13-30-18(16)19(26)29-2/h6,13-14H,3-5,7-12H2,1-2H3. The van der Waals surface area contributed by atoms with Crippen LogP contribution in [0.3, 0.4) is 0 Å². The van der Waals surface area contributed by atoms with E-state index in [4.69, 9.17) is 9.72 Å². The average molecular weight is 466 g/mol. The summed E-state index contributed by atoms with van der Waals surface area (Å²) in [5.74, 6) is 0.951. The lowest BCUT2D eigenvalue weighted by molar-refractivity contribution is 0.0602. The Morgan fingerprint density at radius 3 is 2.42 bits per heavy atom. The van der Waals surface area contributed by atoms with Gasteiger partial charge in [-0.05, 0) is 37.6 Å². The van der Waals surface area contributed by atoms with Gasteiger partial charge in [0.15, 0.2) is 0 Å². The molecule has 2 aliphatic rings. The van der Waals surface area contributed by atoms with E-state index >= 15 is 0 Å². The van der Waals surface area contributed by atoms with Gasteiger partial charge in [0.2, 0.25) is 16.0 Å². The highest BCUT2D eigenvalue weighted by molar-refractivity contribution is 7.89. The smallest absolute Gasteiger partial charge is 0.349 e. The molecule has 168 valence electrons. The lowest BCUT2D eigenvalue weighted by atomic mass is 10.1. The maximum Gasteiger partial charge on any atom is 0.349 e. The summed E-state index contributed by atoms with van der Waals surface area (Å²) in [5.41, 5.74) is 0.904. The van der Waals surface area contributed by atoms with Crippen molar-refractivity contribution in [1.29, 1.82) is 0 Å². The SMILES string of the molecule is COC(=O)c1sccc1S(=O)(=O)N1CCN(c2nc(C)cc(N3CCCCC3)n2)CC1. The van der Waals surface area contributed by atoms with Crippen LogP contribution < -0.4 is 9.80 Å². The molecule has 0 bridgehead atoms. The van der Waals surface area contributed by atoms with Crippen molar-refractivity contribution < 1.29 is 17.9 Å². The predicted octanol–water partition coefficient (Wildman–Crippen LogP) is 2.13. The number of hydrogen-bond donors (Lipinski definition) is 0. The van der Waals surface area contributed by atoms with Gasteiger partial charge in [-0.3, -0.25) is 0 Å². The van der Waals surface area contributed by atoms with E-state index in [2.05, 4.69) is 9.88 Å². The van der Waals surface area contributed by atoms with Crippen LogP contribution in [0.4, 0.5) is 11.8 Å². The summed E-state index contributed by atoms with van der Waals surface area (Å²) >= 11 is 1.07. The van der Waals surface area contributed by atoms with Gasteiger partial charge in [-0.25, -0.2) is 18.2 Å². The molecule has 2 aliphatic heterocycles. The van der Waals surface area contributed by atoms with Crippen LogP contribution in [0.5, 0.6) is 0 Å². The van der Waals surface area contributed by atoms with Crippen LogP contribution in [0.2, 0.25) is 0 Å². The second-order valence-corrected chi connectivity index (χ2v) is 10.5. The number of sulfonamides is 1. The van der Waals surface area contributed by atoms with Crippen molar-refractivity contribution in [1.82, 2.24) is 14.3 Å². The Balaban J connectivity index is 1.48. The zero-order valence-corrected chi connectivity index (χ0v) is 19.4. The number of piperidine rings is 1. The molecule has 4 rings (SSSR count). The molecule has 4 heterocycles. The van der Waals surface area contributed by atoms with Gasteiger partial charge in [0, 0.05) is 51.0 Å². The van der Waals surface area contributed by atoms with Crippen molar-refractivity contribution in [2.24, 2.45) is 0 Å². The van der Waals surface area contributed by atoms with E-state index in [9.17, 15) is 13.2 Å². The normalized spacial score (nSPS) is 18.3. The fraction of sp³-hybridized carbons (Fsp3) is 0.550. The van der Waals surface area contributed by atoms with E-state index in [0.29, 0.717) is 32.1 Å².